The quantitative estimate of drug-likeness (QED) is 0.145. The van der Waals surface area contributed by atoms with Crippen molar-refractivity contribution in [2.45, 2.75) is 31.0 Å². The molecule has 5 aromatic rings. The van der Waals surface area contributed by atoms with E-state index < -0.39 is 41.9 Å². The Labute approximate surface area is 261 Å². The highest BCUT2D eigenvalue weighted by Gasteiger charge is 2.60. The minimum absolute atomic E-state index is 0.00220. The van der Waals surface area contributed by atoms with Crippen LogP contribution in [-0.4, -0.2) is 61.8 Å². The van der Waals surface area contributed by atoms with E-state index in [9.17, 15) is 14.4 Å². The van der Waals surface area contributed by atoms with Gasteiger partial charge >= 0.3 is 17.9 Å². The van der Waals surface area contributed by atoms with Gasteiger partial charge in [-0.25, -0.2) is 19.4 Å². The van der Waals surface area contributed by atoms with Gasteiger partial charge in [0.25, 0.3) is 0 Å². The van der Waals surface area contributed by atoms with Crippen molar-refractivity contribution in [2.75, 3.05) is 12.3 Å². The van der Waals surface area contributed by atoms with Crippen LogP contribution in [0.5, 0.6) is 0 Å². The Morgan fingerprint density at radius 1 is 0.867 bits per heavy atom. The maximum Gasteiger partial charge on any atom is 0.338 e. The molecule has 0 saturated carbocycles. The molecule has 3 aromatic carbocycles. The fraction of sp³-hybridized carbons (Fsp3) is 0.188. The van der Waals surface area contributed by atoms with E-state index in [4.69, 9.17) is 36.3 Å². The SMILES string of the molecule is C[C@@]1(OC(=O)c2ccccc2)C(OC(=O)c2ccccc2)C(COC(=O)c2ccccc2)OC1n1cnc2c(Cl)nc(N)nc21. The Morgan fingerprint density at radius 3 is 2.02 bits per heavy atom. The molecule has 3 heterocycles. The first kappa shape index (κ1) is 29.7. The normalized spacial score (nSPS) is 20.9. The summed E-state index contributed by atoms with van der Waals surface area (Å²) in [5, 5.41) is -0.00220. The van der Waals surface area contributed by atoms with E-state index >= 15 is 0 Å². The maximum atomic E-state index is 13.6. The van der Waals surface area contributed by atoms with E-state index in [1.807, 2.05) is 0 Å². The van der Waals surface area contributed by atoms with Crippen LogP contribution < -0.4 is 5.73 Å². The van der Waals surface area contributed by atoms with Gasteiger partial charge in [-0.05, 0) is 43.3 Å². The summed E-state index contributed by atoms with van der Waals surface area (Å²) in [6.07, 6.45) is -2.25. The van der Waals surface area contributed by atoms with Gasteiger partial charge < -0.3 is 24.7 Å². The minimum atomic E-state index is -1.74. The molecular weight excluding hydrogens is 602 g/mol. The third-order valence-corrected chi connectivity index (χ3v) is 7.56. The van der Waals surface area contributed by atoms with Crippen LogP contribution in [0.15, 0.2) is 97.3 Å². The molecule has 4 atom stereocenters. The summed E-state index contributed by atoms with van der Waals surface area (Å²) in [5.74, 6) is -2.18. The fourth-order valence-electron chi connectivity index (χ4n) is 5.13. The number of hydrogen-bond donors (Lipinski definition) is 1. The van der Waals surface area contributed by atoms with Crippen molar-refractivity contribution in [1.82, 2.24) is 19.5 Å². The van der Waals surface area contributed by atoms with E-state index in [-0.39, 0.29) is 40.0 Å². The third kappa shape index (κ3) is 5.93. The van der Waals surface area contributed by atoms with E-state index in [0.717, 1.165) is 0 Å². The van der Waals surface area contributed by atoms with Crippen molar-refractivity contribution in [2.24, 2.45) is 0 Å². The first-order valence-electron chi connectivity index (χ1n) is 13.8. The summed E-state index contributed by atoms with van der Waals surface area (Å²) in [6, 6.07) is 25.0. The summed E-state index contributed by atoms with van der Waals surface area (Å²) in [5.41, 5.74) is 5.35. The van der Waals surface area contributed by atoms with E-state index in [2.05, 4.69) is 15.0 Å². The summed E-state index contributed by atoms with van der Waals surface area (Å²) in [4.78, 5) is 52.5. The van der Waals surface area contributed by atoms with Crippen molar-refractivity contribution in [3.63, 3.8) is 0 Å². The number of ether oxygens (including phenoxy) is 4. The van der Waals surface area contributed by atoms with Gasteiger partial charge in [0.1, 0.15) is 18.2 Å². The van der Waals surface area contributed by atoms with Gasteiger partial charge in [-0.15, -0.1) is 0 Å². The third-order valence-electron chi connectivity index (χ3n) is 7.30. The molecule has 1 fully saturated rings. The van der Waals surface area contributed by atoms with Gasteiger partial charge in [0.2, 0.25) is 5.95 Å². The number of benzene rings is 3. The van der Waals surface area contributed by atoms with Crippen LogP contribution in [0.4, 0.5) is 5.95 Å². The molecule has 12 nitrogen and oxygen atoms in total. The fourth-order valence-corrected chi connectivity index (χ4v) is 5.35. The van der Waals surface area contributed by atoms with E-state index in [1.165, 1.54) is 10.9 Å². The van der Waals surface area contributed by atoms with Gasteiger partial charge in [-0.1, -0.05) is 66.2 Å². The lowest BCUT2D eigenvalue weighted by Crippen LogP contribution is -2.50. The second kappa shape index (κ2) is 12.3. The molecule has 0 bridgehead atoms. The number of fused-ring (bicyclic) bond motifs is 1. The molecule has 0 radical (unpaired) electrons. The Balaban J connectivity index is 1.43. The van der Waals surface area contributed by atoms with Crippen LogP contribution in [-0.2, 0) is 18.9 Å². The standard InChI is InChI=1S/C32H26ClN5O7/c1-32(45-29(41)21-15-9-4-10-16-21)24(44-28(40)20-13-7-3-8-14-20)22(17-42-27(39)19-11-5-2-6-12-19)43-30(32)38-18-35-23-25(33)36-31(34)37-26(23)38/h2-16,18,22,24,30H,17H2,1H3,(H2,34,36,37)/t22?,24?,30?,32-/m1/s1. The summed E-state index contributed by atoms with van der Waals surface area (Å²) < 4.78 is 25.7. The molecule has 0 spiro atoms. The average molecular weight is 628 g/mol. The van der Waals surface area contributed by atoms with Crippen molar-refractivity contribution >= 4 is 46.6 Å². The number of nitrogens with zero attached hydrogens (tertiary/aromatic N) is 4. The van der Waals surface area contributed by atoms with Crippen molar-refractivity contribution in [3.05, 3.63) is 119 Å². The van der Waals surface area contributed by atoms with Crippen LogP contribution >= 0.6 is 11.6 Å². The molecule has 1 aliphatic heterocycles. The molecular formula is C32H26ClN5O7. The predicted molar refractivity (Wildman–Crippen MR) is 161 cm³/mol. The number of aromatic nitrogens is 4. The zero-order chi connectivity index (χ0) is 31.6. The lowest BCUT2D eigenvalue weighted by Gasteiger charge is -2.34. The maximum absolute atomic E-state index is 13.6. The predicted octanol–water partition coefficient (Wildman–Crippen LogP) is 4.66. The Hall–Kier alpha value is -5.33. The smallest absolute Gasteiger partial charge is 0.338 e. The molecule has 6 rings (SSSR count). The van der Waals surface area contributed by atoms with Crippen LogP contribution in [0, 0.1) is 0 Å². The number of imidazole rings is 1. The van der Waals surface area contributed by atoms with Crippen molar-refractivity contribution < 1.29 is 33.3 Å². The highest BCUT2D eigenvalue weighted by Crippen LogP contribution is 2.45. The monoisotopic (exact) mass is 627 g/mol. The number of esters is 3. The molecule has 1 aliphatic rings. The Kier molecular flexibility index (Phi) is 8.16. The van der Waals surface area contributed by atoms with E-state index in [0.29, 0.717) is 5.56 Å². The second-order valence-electron chi connectivity index (χ2n) is 10.3. The largest absolute Gasteiger partial charge is 0.459 e. The summed E-state index contributed by atoms with van der Waals surface area (Å²) in [6.45, 7) is 1.19. The molecule has 0 amide bonds. The van der Waals surface area contributed by atoms with Gasteiger partial charge in [0.05, 0.1) is 23.0 Å². The van der Waals surface area contributed by atoms with Crippen molar-refractivity contribution in [1.29, 1.82) is 0 Å². The molecule has 1 saturated heterocycles. The number of carbonyl (C=O) groups is 3. The molecule has 0 aliphatic carbocycles. The number of carbonyl (C=O) groups excluding carboxylic acids is 3. The summed E-state index contributed by atoms with van der Waals surface area (Å²) in [7, 11) is 0. The number of anilines is 1. The van der Waals surface area contributed by atoms with Gasteiger partial charge in [0, 0.05) is 0 Å². The highest BCUT2D eigenvalue weighted by atomic mass is 35.5. The van der Waals surface area contributed by atoms with Crippen LogP contribution in [0.3, 0.4) is 0 Å². The Bertz CT molecular complexity index is 1860. The zero-order valence-corrected chi connectivity index (χ0v) is 24.5. The first-order valence-corrected chi connectivity index (χ1v) is 14.2. The lowest BCUT2D eigenvalue weighted by atomic mass is 9.95. The number of nitrogen functional groups attached to an aromatic ring is 1. The van der Waals surface area contributed by atoms with Crippen LogP contribution in [0.25, 0.3) is 11.2 Å². The molecule has 2 N–H and O–H groups in total. The average Bonchev–Trinajstić information content (AvgIpc) is 3.59. The molecule has 3 unspecified atom stereocenters. The zero-order valence-electron chi connectivity index (χ0n) is 23.8. The van der Waals surface area contributed by atoms with E-state index in [1.54, 1.807) is 97.9 Å². The van der Waals surface area contributed by atoms with Crippen LogP contribution in [0.2, 0.25) is 5.15 Å². The second-order valence-corrected chi connectivity index (χ2v) is 10.7. The van der Waals surface area contributed by atoms with Gasteiger partial charge in [0.15, 0.2) is 28.7 Å². The highest BCUT2D eigenvalue weighted by molar-refractivity contribution is 6.33. The lowest BCUT2D eigenvalue weighted by molar-refractivity contribution is -0.108. The topological polar surface area (TPSA) is 158 Å². The minimum Gasteiger partial charge on any atom is -0.459 e. The van der Waals surface area contributed by atoms with Gasteiger partial charge in [-0.2, -0.15) is 9.97 Å². The first-order chi connectivity index (χ1) is 21.7. The van der Waals surface area contributed by atoms with Gasteiger partial charge in [-0.3, -0.25) is 4.57 Å². The molecule has 2 aromatic heterocycles. The Morgan fingerprint density at radius 2 is 1.42 bits per heavy atom. The number of hydrogen-bond acceptors (Lipinski definition) is 11. The molecule has 13 heteroatoms. The number of nitrogens with two attached hydrogens (primary N) is 1. The summed E-state index contributed by atoms with van der Waals surface area (Å²) >= 11 is 6.29. The number of rotatable bonds is 8. The molecule has 228 valence electrons. The van der Waals surface area contributed by atoms with Crippen LogP contribution in [0.1, 0.15) is 44.2 Å². The molecule has 45 heavy (non-hydrogen) atoms. The number of halogens is 1. The van der Waals surface area contributed by atoms with Crippen molar-refractivity contribution in [3.8, 4) is 0 Å².